The number of methoxy groups -OCH3 is 1. The van der Waals surface area contributed by atoms with E-state index in [0.717, 1.165) is 6.26 Å². The highest BCUT2D eigenvalue weighted by atomic mass is 32.2. The highest BCUT2D eigenvalue weighted by Crippen LogP contribution is 2.21. The van der Waals surface area contributed by atoms with Gasteiger partial charge in [-0.3, -0.25) is 4.18 Å². The summed E-state index contributed by atoms with van der Waals surface area (Å²) in [6, 6.07) is 0. The smallest absolute Gasteiger partial charge is 0.264 e. The van der Waals surface area contributed by atoms with E-state index >= 15 is 0 Å². The van der Waals surface area contributed by atoms with Crippen molar-refractivity contribution >= 4 is 10.1 Å². The number of rotatable bonds is 4. The lowest BCUT2D eigenvalue weighted by Gasteiger charge is -2.35. The van der Waals surface area contributed by atoms with Gasteiger partial charge < -0.3 is 19.7 Å². The van der Waals surface area contributed by atoms with Gasteiger partial charge in [0.25, 0.3) is 10.1 Å². The lowest BCUT2D eigenvalue weighted by atomic mass is 10.0. The van der Waals surface area contributed by atoms with Gasteiger partial charge in [0.05, 0.1) is 19.0 Å². The minimum atomic E-state index is -3.60. The van der Waals surface area contributed by atoms with Crippen LogP contribution < -0.4 is 0 Å². The molecule has 16 heavy (non-hydrogen) atoms. The van der Waals surface area contributed by atoms with Gasteiger partial charge in [-0.15, -0.1) is 0 Å². The standard InChI is InChI=1S/C8H16O7S/c1-13-7-3-5(9)8(10)6(15-7)4-14-16(2,11)12/h5-10H,3-4H2,1-2H3/t5-,6-,7+,8+/m1/s1. The molecule has 0 spiro atoms. The molecule has 0 aliphatic carbocycles. The lowest BCUT2D eigenvalue weighted by molar-refractivity contribution is -0.247. The van der Waals surface area contributed by atoms with E-state index < -0.39 is 34.7 Å². The zero-order chi connectivity index (χ0) is 12.3. The fourth-order valence-electron chi connectivity index (χ4n) is 1.40. The van der Waals surface area contributed by atoms with E-state index in [2.05, 4.69) is 4.18 Å². The van der Waals surface area contributed by atoms with Crippen molar-refractivity contribution in [2.75, 3.05) is 20.0 Å². The van der Waals surface area contributed by atoms with Crippen molar-refractivity contribution in [3.8, 4) is 0 Å². The van der Waals surface area contributed by atoms with Crippen molar-refractivity contribution in [3.05, 3.63) is 0 Å². The third-order valence-corrected chi connectivity index (χ3v) is 2.81. The molecule has 1 heterocycles. The minimum absolute atomic E-state index is 0.132. The molecule has 0 saturated carbocycles. The molecule has 0 aromatic carbocycles. The lowest BCUT2D eigenvalue weighted by Crippen LogP contribution is -2.50. The third-order valence-electron chi connectivity index (χ3n) is 2.24. The van der Waals surface area contributed by atoms with Gasteiger partial charge in [-0.1, -0.05) is 0 Å². The van der Waals surface area contributed by atoms with Crippen LogP contribution in [0, 0.1) is 0 Å². The van der Waals surface area contributed by atoms with E-state index in [1.807, 2.05) is 0 Å². The molecule has 1 aliphatic rings. The normalized spacial score (nSPS) is 36.2. The molecule has 0 unspecified atom stereocenters. The molecule has 1 fully saturated rings. The van der Waals surface area contributed by atoms with Crippen molar-refractivity contribution < 1.29 is 32.3 Å². The Morgan fingerprint density at radius 1 is 1.44 bits per heavy atom. The Balaban J connectivity index is 2.56. The Kier molecular flexibility index (Phi) is 4.65. The second-order valence-corrected chi connectivity index (χ2v) is 5.27. The van der Waals surface area contributed by atoms with Gasteiger partial charge in [0.2, 0.25) is 0 Å². The van der Waals surface area contributed by atoms with Crippen LogP contribution in [0.1, 0.15) is 6.42 Å². The largest absolute Gasteiger partial charge is 0.390 e. The van der Waals surface area contributed by atoms with Gasteiger partial charge >= 0.3 is 0 Å². The molecule has 0 bridgehead atoms. The van der Waals surface area contributed by atoms with Gasteiger partial charge in [-0.05, 0) is 0 Å². The van der Waals surface area contributed by atoms with Gasteiger partial charge in [-0.25, -0.2) is 0 Å². The summed E-state index contributed by atoms with van der Waals surface area (Å²) in [5.41, 5.74) is 0. The van der Waals surface area contributed by atoms with Crippen LogP contribution in [0.2, 0.25) is 0 Å². The molecule has 4 atom stereocenters. The minimum Gasteiger partial charge on any atom is -0.390 e. The summed E-state index contributed by atoms with van der Waals surface area (Å²) in [7, 11) is -2.21. The molecule has 0 aromatic rings. The van der Waals surface area contributed by atoms with Crippen molar-refractivity contribution in [1.82, 2.24) is 0 Å². The summed E-state index contributed by atoms with van der Waals surface area (Å²) in [6.07, 6.45) is -2.78. The van der Waals surface area contributed by atoms with Crippen LogP contribution in [0.5, 0.6) is 0 Å². The monoisotopic (exact) mass is 256 g/mol. The second-order valence-electron chi connectivity index (χ2n) is 3.62. The van der Waals surface area contributed by atoms with Crippen LogP contribution in [-0.4, -0.2) is 63.2 Å². The fraction of sp³-hybridized carbons (Fsp3) is 1.00. The van der Waals surface area contributed by atoms with Crippen LogP contribution >= 0.6 is 0 Å². The predicted octanol–water partition coefficient (Wildman–Crippen LogP) is -1.55. The van der Waals surface area contributed by atoms with E-state index in [-0.39, 0.29) is 13.0 Å². The molecule has 0 amide bonds. The van der Waals surface area contributed by atoms with Crippen LogP contribution in [0.3, 0.4) is 0 Å². The molecule has 0 radical (unpaired) electrons. The highest BCUT2D eigenvalue weighted by molar-refractivity contribution is 7.85. The van der Waals surface area contributed by atoms with Gasteiger partial charge in [-0.2, -0.15) is 8.42 Å². The van der Waals surface area contributed by atoms with Crippen molar-refractivity contribution in [2.45, 2.75) is 31.0 Å². The predicted molar refractivity (Wildman–Crippen MR) is 53.1 cm³/mol. The number of aliphatic hydroxyl groups is 2. The molecule has 0 aromatic heterocycles. The Morgan fingerprint density at radius 2 is 2.06 bits per heavy atom. The quantitative estimate of drug-likeness (QED) is 0.587. The average Bonchev–Trinajstić information content (AvgIpc) is 2.18. The number of hydrogen-bond donors (Lipinski definition) is 2. The summed E-state index contributed by atoms with van der Waals surface area (Å²) < 4.78 is 36.1. The zero-order valence-corrected chi connectivity index (χ0v) is 9.88. The zero-order valence-electron chi connectivity index (χ0n) is 9.07. The first-order valence-corrected chi connectivity index (χ1v) is 6.54. The summed E-state index contributed by atoms with van der Waals surface area (Å²) in [5.74, 6) is 0. The molecule has 2 N–H and O–H groups in total. The van der Waals surface area contributed by atoms with Crippen LogP contribution in [-0.2, 0) is 23.8 Å². The summed E-state index contributed by atoms with van der Waals surface area (Å²) in [5, 5.41) is 19.0. The van der Waals surface area contributed by atoms with Crippen LogP contribution in [0.4, 0.5) is 0 Å². The van der Waals surface area contributed by atoms with Crippen LogP contribution in [0.15, 0.2) is 0 Å². The second kappa shape index (κ2) is 5.39. The topological polar surface area (TPSA) is 102 Å². The Bertz CT molecular complexity index is 314. The fourth-order valence-corrected chi connectivity index (χ4v) is 1.78. The summed E-state index contributed by atoms with van der Waals surface area (Å²) >= 11 is 0. The van der Waals surface area contributed by atoms with Gasteiger partial charge in [0, 0.05) is 13.5 Å². The summed E-state index contributed by atoms with van der Waals surface area (Å²) in [6.45, 7) is -0.350. The van der Waals surface area contributed by atoms with E-state index in [0.29, 0.717) is 0 Å². The molecular formula is C8H16O7S. The van der Waals surface area contributed by atoms with Crippen LogP contribution in [0.25, 0.3) is 0 Å². The van der Waals surface area contributed by atoms with E-state index in [4.69, 9.17) is 9.47 Å². The van der Waals surface area contributed by atoms with E-state index in [1.165, 1.54) is 7.11 Å². The Hall–Kier alpha value is -0.250. The maximum absolute atomic E-state index is 10.8. The first-order valence-electron chi connectivity index (χ1n) is 4.72. The average molecular weight is 256 g/mol. The molecule has 1 saturated heterocycles. The third kappa shape index (κ3) is 3.96. The van der Waals surface area contributed by atoms with E-state index in [1.54, 1.807) is 0 Å². The van der Waals surface area contributed by atoms with E-state index in [9.17, 15) is 18.6 Å². The number of aliphatic hydroxyl groups excluding tert-OH is 2. The molecule has 8 heteroatoms. The Labute approximate surface area is 94.1 Å². The van der Waals surface area contributed by atoms with Gasteiger partial charge in [0.15, 0.2) is 6.29 Å². The SMILES string of the molecule is CO[C@@H]1C[C@@H](O)[C@H](O)[C@@H](COS(C)(=O)=O)O1. The molecule has 96 valence electrons. The van der Waals surface area contributed by atoms with Crippen molar-refractivity contribution in [1.29, 1.82) is 0 Å². The van der Waals surface area contributed by atoms with Gasteiger partial charge in [0.1, 0.15) is 12.2 Å². The molecular weight excluding hydrogens is 240 g/mol. The summed E-state index contributed by atoms with van der Waals surface area (Å²) in [4.78, 5) is 0. The molecule has 1 aliphatic heterocycles. The highest BCUT2D eigenvalue weighted by Gasteiger charge is 2.37. The molecule has 1 rings (SSSR count). The Morgan fingerprint density at radius 3 is 2.56 bits per heavy atom. The number of ether oxygens (including phenoxy) is 2. The first kappa shape index (κ1) is 13.8. The molecule has 7 nitrogen and oxygen atoms in total. The maximum Gasteiger partial charge on any atom is 0.264 e. The maximum atomic E-state index is 10.8. The van der Waals surface area contributed by atoms with Crippen molar-refractivity contribution in [2.24, 2.45) is 0 Å². The number of hydrogen-bond acceptors (Lipinski definition) is 7. The first-order chi connectivity index (χ1) is 7.33. The van der Waals surface area contributed by atoms with Crippen molar-refractivity contribution in [3.63, 3.8) is 0 Å².